The van der Waals surface area contributed by atoms with Crippen LogP contribution in [0.5, 0.6) is 0 Å². The van der Waals surface area contributed by atoms with Crippen molar-refractivity contribution in [2.24, 2.45) is 13.0 Å². The van der Waals surface area contributed by atoms with Crippen LogP contribution in [-0.2, 0) is 21.8 Å². The highest BCUT2D eigenvalue weighted by Crippen LogP contribution is 2.35. The summed E-state index contributed by atoms with van der Waals surface area (Å²) in [6.45, 7) is 2.92. The van der Waals surface area contributed by atoms with Gasteiger partial charge in [-0.25, -0.2) is 17.8 Å². The molecule has 0 aliphatic carbocycles. The molecule has 1 aromatic carbocycles. The molecule has 28 heavy (non-hydrogen) atoms. The van der Waals surface area contributed by atoms with Gasteiger partial charge in [-0.1, -0.05) is 12.1 Å². The van der Waals surface area contributed by atoms with E-state index in [4.69, 9.17) is 4.74 Å². The summed E-state index contributed by atoms with van der Waals surface area (Å²) in [5.74, 6) is -0.213. The van der Waals surface area contributed by atoms with E-state index in [2.05, 4.69) is 10.3 Å². The minimum atomic E-state index is -3.66. The van der Waals surface area contributed by atoms with Gasteiger partial charge in [0.05, 0.1) is 6.33 Å². The molecule has 1 aromatic heterocycles. The first-order valence-electron chi connectivity index (χ1n) is 9.35. The maximum absolute atomic E-state index is 13.3. The third kappa shape index (κ3) is 4.78. The molecule has 0 amide bonds. The molecule has 154 valence electrons. The van der Waals surface area contributed by atoms with Crippen molar-refractivity contribution < 1.29 is 17.5 Å². The lowest BCUT2D eigenvalue weighted by Crippen LogP contribution is -2.31. The van der Waals surface area contributed by atoms with Crippen molar-refractivity contribution in [3.05, 3.63) is 48.2 Å². The van der Waals surface area contributed by atoms with Crippen LogP contribution in [0.4, 0.5) is 4.39 Å². The van der Waals surface area contributed by atoms with Crippen molar-refractivity contribution in [3.8, 4) is 0 Å². The van der Waals surface area contributed by atoms with Crippen LogP contribution < -0.4 is 5.32 Å². The Hall–Kier alpha value is -1.81. The van der Waals surface area contributed by atoms with E-state index < -0.39 is 10.0 Å². The molecule has 0 saturated carbocycles. The average Bonchev–Trinajstić information content (AvgIpc) is 3.30. The lowest BCUT2D eigenvalue weighted by molar-refractivity contribution is 0.194. The van der Waals surface area contributed by atoms with E-state index >= 15 is 0 Å². The number of rotatable bonds is 9. The van der Waals surface area contributed by atoms with Crippen LogP contribution in [0.25, 0.3) is 0 Å². The number of nitrogens with one attached hydrogen (secondary N) is 1. The molecule has 0 spiro atoms. The highest BCUT2D eigenvalue weighted by atomic mass is 32.2. The van der Waals surface area contributed by atoms with Crippen LogP contribution in [0.3, 0.4) is 0 Å². The first-order chi connectivity index (χ1) is 13.4. The largest absolute Gasteiger partial charge is 0.385 e. The molecular formula is C19H27FN4O3S. The van der Waals surface area contributed by atoms with Crippen molar-refractivity contribution >= 4 is 10.0 Å². The maximum Gasteiger partial charge on any atom is 0.262 e. The molecule has 3 rings (SSSR count). The minimum absolute atomic E-state index is 0.00554. The molecule has 7 nitrogen and oxygen atoms in total. The summed E-state index contributed by atoms with van der Waals surface area (Å²) in [5, 5.41) is 3.45. The number of imidazole rings is 1. The van der Waals surface area contributed by atoms with Crippen LogP contribution in [0.1, 0.15) is 17.9 Å². The number of ether oxygens (including phenoxy) is 1. The second kappa shape index (κ2) is 9.13. The second-order valence-corrected chi connectivity index (χ2v) is 9.05. The van der Waals surface area contributed by atoms with Crippen LogP contribution in [0.2, 0.25) is 0 Å². The zero-order valence-corrected chi connectivity index (χ0v) is 17.0. The van der Waals surface area contributed by atoms with Gasteiger partial charge in [0.15, 0.2) is 5.03 Å². The summed E-state index contributed by atoms with van der Waals surface area (Å²) >= 11 is 0. The predicted molar refractivity (Wildman–Crippen MR) is 104 cm³/mol. The van der Waals surface area contributed by atoms with E-state index in [0.717, 1.165) is 18.5 Å². The number of hydrogen-bond acceptors (Lipinski definition) is 5. The standard InChI is InChI=1S/C19H27FN4O3S/c1-23-13-19(22-14-23)28(25,26)24-11-16(10-21-8-3-9-27-2)18(12-24)15-4-6-17(20)7-5-15/h4-7,13-14,16,18,21H,3,8-12H2,1-2H3/t16-,18+/m1/s1. The summed E-state index contributed by atoms with van der Waals surface area (Å²) < 4.78 is 47.5. The number of hydrogen-bond donors (Lipinski definition) is 1. The van der Waals surface area contributed by atoms with Gasteiger partial charge in [-0.3, -0.25) is 0 Å². The van der Waals surface area contributed by atoms with Crippen molar-refractivity contribution in [2.75, 3.05) is 39.9 Å². The fraction of sp³-hybridized carbons (Fsp3) is 0.526. The molecule has 9 heteroatoms. The molecule has 1 N–H and O–H groups in total. The highest BCUT2D eigenvalue weighted by Gasteiger charge is 2.40. The van der Waals surface area contributed by atoms with Gasteiger partial charge in [0.25, 0.3) is 10.0 Å². The quantitative estimate of drug-likeness (QED) is 0.636. The molecule has 0 bridgehead atoms. The van der Waals surface area contributed by atoms with E-state index in [1.165, 1.54) is 29.0 Å². The highest BCUT2D eigenvalue weighted by molar-refractivity contribution is 7.89. The maximum atomic E-state index is 13.3. The van der Waals surface area contributed by atoms with Gasteiger partial charge in [-0.05, 0) is 43.1 Å². The van der Waals surface area contributed by atoms with Gasteiger partial charge in [-0.15, -0.1) is 0 Å². The summed E-state index contributed by atoms with van der Waals surface area (Å²) in [5.41, 5.74) is 0.948. The Kier molecular flexibility index (Phi) is 6.82. The Morgan fingerprint density at radius 1 is 1.29 bits per heavy atom. The fourth-order valence-electron chi connectivity index (χ4n) is 3.61. The zero-order chi connectivity index (χ0) is 20.1. The number of halogens is 1. The van der Waals surface area contributed by atoms with Crippen LogP contribution in [0.15, 0.2) is 41.8 Å². The normalized spacial score (nSPS) is 20.7. The van der Waals surface area contributed by atoms with Crippen molar-refractivity contribution in [1.82, 2.24) is 19.2 Å². The number of aryl methyl sites for hydroxylation is 1. The summed E-state index contributed by atoms with van der Waals surface area (Å²) in [7, 11) is -0.251. The van der Waals surface area contributed by atoms with Crippen LogP contribution >= 0.6 is 0 Å². The number of nitrogens with zero attached hydrogens (tertiary/aromatic N) is 3. The first-order valence-corrected chi connectivity index (χ1v) is 10.8. The van der Waals surface area contributed by atoms with Crippen molar-refractivity contribution in [1.29, 1.82) is 0 Å². The number of benzene rings is 1. The predicted octanol–water partition coefficient (Wildman–Crippen LogP) is 1.59. The van der Waals surface area contributed by atoms with E-state index in [9.17, 15) is 12.8 Å². The molecule has 2 atom stereocenters. The Morgan fingerprint density at radius 3 is 2.68 bits per heavy atom. The molecule has 1 saturated heterocycles. The molecule has 0 unspecified atom stereocenters. The summed E-state index contributed by atoms with van der Waals surface area (Å²) in [6.07, 6.45) is 3.88. The Morgan fingerprint density at radius 2 is 2.04 bits per heavy atom. The lowest BCUT2D eigenvalue weighted by Gasteiger charge is -2.19. The second-order valence-electron chi connectivity index (χ2n) is 7.17. The molecule has 2 heterocycles. The Bertz CT molecular complexity index is 870. The minimum Gasteiger partial charge on any atom is -0.385 e. The fourth-order valence-corrected chi connectivity index (χ4v) is 5.09. The molecule has 1 aliphatic rings. The zero-order valence-electron chi connectivity index (χ0n) is 16.2. The molecule has 0 radical (unpaired) electrons. The summed E-state index contributed by atoms with van der Waals surface area (Å²) in [6, 6.07) is 6.34. The SMILES string of the molecule is COCCCNC[C@@H]1CN(S(=O)(=O)c2cn(C)cn2)C[C@H]1c1ccc(F)cc1. The van der Waals surface area contributed by atoms with E-state index in [1.807, 2.05) is 0 Å². The third-order valence-corrected chi connectivity index (χ3v) is 6.82. The molecule has 1 aliphatic heterocycles. The summed E-state index contributed by atoms with van der Waals surface area (Å²) in [4.78, 5) is 4.02. The molecule has 1 fully saturated rings. The van der Waals surface area contributed by atoms with Crippen LogP contribution in [-0.4, -0.2) is 62.2 Å². The topological polar surface area (TPSA) is 76.5 Å². The number of aromatic nitrogens is 2. The van der Waals surface area contributed by atoms with Gasteiger partial charge >= 0.3 is 0 Å². The van der Waals surface area contributed by atoms with E-state index in [0.29, 0.717) is 26.2 Å². The van der Waals surface area contributed by atoms with E-state index in [-0.39, 0.29) is 22.7 Å². The smallest absolute Gasteiger partial charge is 0.262 e. The number of sulfonamides is 1. The Balaban J connectivity index is 1.76. The number of methoxy groups -OCH3 is 1. The van der Waals surface area contributed by atoms with Gasteiger partial charge in [0.1, 0.15) is 5.82 Å². The van der Waals surface area contributed by atoms with Crippen molar-refractivity contribution in [3.63, 3.8) is 0 Å². The molecule has 2 aromatic rings. The average molecular weight is 411 g/mol. The van der Waals surface area contributed by atoms with Crippen LogP contribution in [0, 0.1) is 11.7 Å². The monoisotopic (exact) mass is 410 g/mol. The van der Waals surface area contributed by atoms with Gasteiger partial charge in [-0.2, -0.15) is 4.31 Å². The van der Waals surface area contributed by atoms with Gasteiger partial charge in [0.2, 0.25) is 0 Å². The van der Waals surface area contributed by atoms with Gasteiger partial charge in [0, 0.05) is 46.0 Å². The molecular weight excluding hydrogens is 383 g/mol. The first kappa shape index (κ1) is 20.9. The Labute approximate surface area is 165 Å². The third-order valence-electron chi connectivity index (χ3n) is 5.10. The van der Waals surface area contributed by atoms with Gasteiger partial charge < -0.3 is 14.6 Å². The van der Waals surface area contributed by atoms with E-state index in [1.54, 1.807) is 30.9 Å². The lowest BCUT2D eigenvalue weighted by atomic mass is 9.89. The van der Waals surface area contributed by atoms with Crippen molar-refractivity contribution in [2.45, 2.75) is 17.4 Å².